The first-order valence-electron chi connectivity index (χ1n) is 11.8. The van der Waals surface area contributed by atoms with Crippen LogP contribution in [0.25, 0.3) is 0 Å². The highest BCUT2D eigenvalue weighted by atomic mass is 32.2. The summed E-state index contributed by atoms with van der Waals surface area (Å²) >= 11 is 0.823. The van der Waals surface area contributed by atoms with Gasteiger partial charge in [0.15, 0.2) is 5.75 Å². The molecule has 2 aromatic rings. The first-order chi connectivity index (χ1) is 17.4. The molecule has 0 bridgehead atoms. The Labute approximate surface area is 217 Å². The largest absolute Gasteiger partial charge is 0.457 e. The van der Waals surface area contributed by atoms with Gasteiger partial charge in [0.25, 0.3) is 5.13 Å². The van der Waals surface area contributed by atoms with Gasteiger partial charge in [-0.15, -0.1) is 20.4 Å². The number of benzene rings is 1. The van der Waals surface area contributed by atoms with Crippen LogP contribution in [0.4, 0.5) is 35.4 Å². The molecular weight excluding hydrogens is 533 g/mol. The summed E-state index contributed by atoms with van der Waals surface area (Å²) < 4.78 is 70.4. The Hall–Kier alpha value is -2.81. The fourth-order valence-electron chi connectivity index (χ4n) is 3.95. The average molecular weight is 563 g/mol. The van der Waals surface area contributed by atoms with Crippen molar-refractivity contribution in [2.24, 2.45) is 10.2 Å². The molecule has 0 aliphatic carbocycles. The van der Waals surface area contributed by atoms with Gasteiger partial charge in [0.1, 0.15) is 5.69 Å². The summed E-state index contributed by atoms with van der Waals surface area (Å²) in [5.41, 5.74) is 1.49. The molecule has 1 aromatic heterocycles. The molecule has 0 spiro atoms. The average Bonchev–Trinajstić information content (AvgIpc) is 3.29. The maximum atomic E-state index is 12.9. The smallest absolute Gasteiger partial charge is 0.404 e. The summed E-state index contributed by atoms with van der Waals surface area (Å²) in [4.78, 5) is 14.2. The normalized spacial score (nSPS) is 17.1. The number of anilines is 2. The number of aryl methyl sites for hydroxylation is 1. The van der Waals surface area contributed by atoms with Crippen molar-refractivity contribution in [1.29, 1.82) is 0 Å². The van der Waals surface area contributed by atoms with Gasteiger partial charge in [-0.1, -0.05) is 25.2 Å². The lowest BCUT2D eigenvalue weighted by atomic mass is 9.93. The minimum atomic E-state index is -4.92. The molecule has 1 aromatic carbocycles. The Kier molecular flexibility index (Phi) is 9.10. The van der Waals surface area contributed by atoms with Crippen molar-refractivity contribution in [1.82, 2.24) is 10.2 Å². The number of fused-ring (bicyclic) bond motifs is 1. The third kappa shape index (κ3) is 7.60. The SMILES string of the molecule is CCC(C)OC(=O)c1nnc(N=Nc2cc3c(cc2NS(=O)(=O)CC(F)(F)F)N(CC)C(CC)CC3)s1. The van der Waals surface area contributed by atoms with E-state index in [4.69, 9.17) is 4.74 Å². The second kappa shape index (κ2) is 11.7. The highest BCUT2D eigenvalue weighted by Crippen LogP contribution is 2.40. The van der Waals surface area contributed by atoms with Gasteiger partial charge in [0.05, 0.1) is 11.8 Å². The van der Waals surface area contributed by atoms with E-state index in [1.807, 2.05) is 25.5 Å². The van der Waals surface area contributed by atoms with Crippen LogP contribution in [0.3, 0.4) is 0 Å². The maximum absolute atomic E-state index is 12.9. The summed E-state index contributed by atoms with van der Waals surface area (Å²) in [6.07, 6.45) is -2.19. The quantitative estimate of drug-likeness (QED) is 0.288. The van der Waals surface area contributed by atoms with E-state index in [2.05, 4.69) is 25.3 Å². The first kappa shape index (κ1) is 28.8. The Morgan fingerprint density at radius 3 is 2.62 bits per heavy atom. The van der Waals surface area contributed by atoms with Crippen molar-refractivity contribution in [3.8, 4) is 0 Å². The van der Waals surface area contributed by atoms with Crippen LogP contribution in [0.1, 0.15) is 62.3 Å². The summed E-state index contributed by atoms with van der Waals surface area (Å²) in [7, 11) is -4.77. The molecule has 1 aliphatic heterocycles. The van der Waals surface area contributed by atoms with Crippen molar-refractivity contribution >= 4 is 49.5 Å². The predicted octanol–water partition coefficient (Wildman–Crippen LogP) is 5.76. The van der Waals surface area contributed by atoms with Crippen LogP contribution in [-0.2, 0) is 21.2 Å². The number of halogens is 3. The van der Waals surface area contributed by atoms with E-state index in [0.29, 0.717) is 19.4 Å². The van der Waals surface area contributed by atoms with Crippen molar-refractivity contribution in [2.45, 2.75) is 71.7 Å². The lowest BCUT2D eigenvalue weighted by Gasteiger charge is -2.38. The second-order valence-corrected chi connectivity index (χ2v) is 11.3. The highest BCUT2D eigenvalue weighted by molar-refractivity contribution is 7.92. The molecule has 204 valence electrons. The summed E-state index contributed by atoms with van der Waals surface area (Å²) in [6.45, 7) is 8.24. The van der Waals surface area contributed by atoms with Crippen LogP contribution in [0.2, 0.25) is 0 Å². The number of hydrogen-bond donors (Lipinski definition) is 1. The van der Waals surface area contributed by atoms with Gasteiger partial charge in [0.2, 0.25) is 15.0 Å². The molecule has 2 unspecified atom stereocenters. The number of esters is 1. The molecule has 0 saturated carbocycles. The molecule has 2 heterocycles. The van der Waals surface area contributed by atoms with Gasteiger partial charge in [-0.05, 0) is 57.2 Å². The van der Waals surface area contributed by atoms with Crippen LogP contribution >= 0.6 is 11.3 Å². The Bertz CT molecular complexity index is 1250. The summed E-state index contributed by atoms with van der Waals surface area (Å²) in [5.74, 6) is -2.70. The lowest BCUT2D eigenvalue weighted by Crippen LogP contribution is -2.38. The molecule has 37 heavy (non-hydrogen) atoms. The number of nitrogens with one attached hydrogen (secondary N) is 1. The van der Waals surface area contributed by atoms with Gasteiger partial charge in [0, 0.05) is 18.3 Å². The highest BCUT2D eigenvalue weighted by Gasteiger charge is 2.36. The Balaban J connectivity index is 1.97. The van der Waals surface area contributed by atoms with E-state index in [9.17, 15) is 26.4 Å². The number of sulfonamides is 1. The first-order valence-corrected chi connectivity index (χ1v) is 14.3. The number of carbonyl (C=O) groups is 1. The van der Waals surface area contributed by atoms with Gasteiger partial charge in [-0.2, -0.15) is 13.2 Å². The van der Waals surface area contributed by atoms with Crippen molar-refractivity contribution in [3.63, 3.8) is 0 Å². The summed E-state index contributed by atoms with van der Waals surface area (Å²) in [5, 5.41) is 15.5. The van der Waals surface area contributed by atoms with Crippen LogP contribution in [0, 0.1) is 0 Å². The number of azo groups is 1. The zero-order valence-electron chi connectivity index (χ0n) is 20.9. The van der Waals surface area contributed by atoms with E-state index in [1.165, 1.54) is 6.07 Å². The van der Waals surface area contributed by atoms with Gasteiger partial charge < -0.3 is 9.64 Å². The van der Waals surface area contributed by atoms with E-state index in [-0.39, 0.29) is 33.7 Å². The molecule has 0 saturated heterocycles. The topological polar surface area (TPSA) is 126 Å². The number of ether oxygens (including phenoxy) is 1. The predicted molar refractivity (Wildman–Crippen MR) is 135 cm³/mol. The summed E-state index contributed by atoms with van der Waals surface area (Å²) in [6, 6.07) is 3.33. The minimum absolute atomic E-state index is 0.000785. The molecule has 1 N–H and O–H groups in total. The molecule has 10 nitrogen and oxygen atoms in total. The zero-order chi connectivity index (χ0) is 27.4. The van der Waals surface area contributed by atoms with E-state index < -0.39 is 27.9 Å². The second-order valence-electron chi connectivity index (χ2n) is 8.58. The molecule has 15 heteroatoms. The fraction of sp³-hybridized carbons (Fsp3) is 0.591. The Morgan fingerprint density at radius 2 is 2.00 bits per heavy atom. The Morgan fingerprint density at radius 1 is 1.27 bits per heavy atom. The standard InChI is InChI=1S/C22H29F3N6O4S2/c1-5-13(4)35-20(32)19-27-29-21(36-19)28-26-16-10-14-8-9-15(6-2)31(7-3)18(14)11-17(16)30-37(33,34)12-22(23,24)25/h10-11,13,15,30H,5-9,12H2,1-4H3. The van der Waals surface area contributed by atoms with Crippen molar-refractivity contribution in [3.05, 3.63) is 22.7 Å². The molecule has 2 atom stereocenters. The van der Waals surface area contributed by atoms with Crippen LogP contribution in [0.5, 0.6) is 0 Å². The number of alkyl halides is 3. The van der Waals surface area contributed by atoms with Crippen LogP contribution < -0.4 is 9.62 Å². The molecule has 1 aliphatic rings. The molecule has 0 fully saturated rings. The monoisotopic (exact) mass is 562 g/mol. The maximum Gasteiger partial charge on any atom is 0.404 e. The van der Waals surface area contributed by atoms with Gasteiger partial charge in [-0.25, -0.2) is 13.2 Å². The van der Waals surface area contributed by atoms with Crippen molar-refractivity contribution < 1.29 is 31.1 Å². The van der Waals surface area contributed by atoms with Crippen molar-refractivity contribution in [2.75, 3.05) is 21.9 Å². The molecule has 3 rings (SSSR count). The minimum Gasteiger partial charge on any atom is -0.457 e. The van der Waals surface area contributed by atoms with E-state index >= 15 is 0 Å². The zero-order valence-corrected chi connectivity index (χ0v) is 22.5. The molecule has 0 amide bonds. The molecule has 0 radical (unpaired) electrons. The third-order valence-electron chi connectivity index (χ3n) is 5.84. The van der Waals surface area contributed by atoms with Gasteiger partial charge in [-0.3, -0.25) is 4.72 Å². The van der Waals surface area contributed by atoms with Crippen LogP contribution in [-0.4, -0.2) is 55.2 Å². The van der Waals surface area contributed by atoms with Gasteiger partial charge >= 0.3 is 12.1 Å². The molecular formula is C22H29F3N6O4S2. The number of rotatable bonds is 10. The van der Waals surface area contributed by atoms with Crippen LogP contribution in [0.15, 0.2) is 22.4 Å². The number of nitrogens with zero attached hydrogens (tertiary/aromatic N) is 5. The van der Waals surface area contributed by atoms with E-state index in [1.54, 1.807) is 13.0 Å². The number of hydrogen-bond acceptors (Lipinski definition) is 10. The lowest BCUT2D eigenvalue weighted by molar-refractivity contribution is -0.106. The number of carbonyl (C=O) groups excluding carboxylic acids is 1. The number of aromatic nitrogens is 2. The fourth-order valence-corrected chi connectivity index (χ4v) is 5.50. The van der Waals surface area contributed by atoms with E-state index in [0.717, 1.165) is 35.4 Å². The third-order valence-corrected chi connectivity index (χ3v) is 7.87.